The summed E-state index contributed by atoms with van der Waals surface area (Å²) in [6.45, 7) is 1.78. The van der Waals surface area contributed by atoms with Gasteiger partial charge in [-0.1, -0.05) is 23.2 Å². The van der Waals surface area contributed by atoms with Gasteiger partial charge in [0.05, 0.1) is 17.2 Å². The number of hydrogen-bond acceptors (Lipinski definition) is 3. The van der Waals surface area contributed by atoms with Crippen molar-refractivity contribution < 1.29 is 14.3 Å². The Morgan fingerprint density at radius 2 is 2.06 bits per heavy atom. The molecule has 0 unspecified atom stereocenters. The summed E-state index contributed by atoms with van der Waals surface area (Å²) >= 11 is 11.5. The summed E-state index contributed by atoms with van der Waals surface area (Å²) in [6.07, 6.45) is 0. The van der Waals surface area contributed by atoms with E-state index in [2.05, 4.69) is 10.1 Å². The van der Waals surface area contributed by atoms with Gasteiger partial charge in [-0.05, 0) is 25.1 Å². The molecule has 0 saturated heterocycles. The number of rotatable bonds is 4. The van der Waals surface area contributed by atoms with E-state index in [1.807, 2.05) is 0 Å². The van der Waals surface area contributed by atoms with Crippen LogP contribution in [0.3, 0.4) is 0 Å². The zero-order chi connectivity index (χ0) is 12.8. The Bertz CT molecular complexity index is 435. The van der Waals surface area contributed by atoms with E-state index < -0.39 is 11.9 Å². The Morgan fingerprint density at radius 1 is 1.35 bits per heavy atom. The normalized spacial score (nSPS) is 9.82. The number of carbonyl (C=O) groups excluding carboxylic acids is 2. The lowest BCUT2D eigenvalue weighted by Crippen LogP contribution is -2.30. The Hall–Kier alpha value is -1.26. The first-order chi connectivity index (χ1) is 8.04. The van der Waals surface area contributed by atoms with Crippen LogP contribution >= 0.6 is 23.2 Å². The molecule has 1 aromatic carbocycles. The SMILES string of the molecule is CCOC(=O)CNC(=O)c1ccc(Cl)cc1Cl. The highest BCUT2D eigenvalue weighted by atomic mass is 35.5. The molecule has 0 spiro atoms. The van der Waals surface area contributed by atoms with Crippen molar-refractivity contribution in [1.29, 1.82) is 0 Å². The van der Waals surface area contributed by atoms with Gasteiger partial charge in [-0.2, -0.15) is 0 Å². The first-order valence-corrected chi connectivity index (χ1v) is 5.69. The summed E-state index contributed by atoms with van der Waals surface area (Å²) in [6, 6.07) is 4.50. The first-order valence-electron chi connectivity index (χ1n) is 4.93. The zero-order valence-corrected chi connectivity index (χ0v) is 10.6. The third-order valence-electron chi connectivity index (χ3n) is 1.87. The van der Waals surface area contributed by atoms with Crippen LogP contribution in [0.2, 0.25) is 10.0 Å². The quantitative estimate of drug-likeness (QED) is 0.858. The maximum atomic E-state index is 11.6. The molecule has 0 saturated carbocycles. The van der Waals surface area contributed by atoms with Crippen LogP contribution in [0.15, 0.2) is 18.2 Å². The molecule has 1 N–H and O–H groups in total. The third kappa shape index (κ3) is 4.24. The second-order valence-electron chi connectivity index (χ2n) is 3.11. The van der Waals surface area contributed by atoms with Crippen molar-refractivity contribution in [1.82, 2.24) is 5.32 Å². The number of benzene rings is 1. The molecule has 92 valence electrons. The summed E-state index contributed by atoms with van der Waals surface area (Å²) in [4.78, 5) is 22.7. The van der Waals surface area contributed by atoms with Gasteiger partial charge in [0.2, 0.25) is 0 Å². The van der Waals surface area contributed by atoms with Crippen LogP contribution in [0.25, 0.3) is 0 Å². The predicted octanol–water partition coefficient (Wildman–Crippen LogP) is 2.29. The number of nitrogens with one attached hydrogen (secondary N) is 1. The number of esters is 1. The lowest BCUT2D eigenvalue weighted by molar-refractivity contribution is -0.141. The van der Waals surface area contributed by atoms with Gasteiger partial charge in [0.1, 0.15) is 6.54 Å². The summed E-state index contributed by atoms with van der Waals surface area (Å²) in [5, 5.41) is 3.08. The van der Waals surface area contributed by atoms with Crippen LogP contribution in [-0.4, -0.2) is 25.0 Å². The fraction of sp³-hybridized carbons (Fsp3) is 0.273. The molecule has 0 atom stereocenters. The molecule has 0 radical (unpaired) electrons. The molecule has 0 bridgehead atoms. The summed E-state index contributed by atoms with van der Waals surface area (Å²) < 4.78 is 4.67. The minimum absolute atomic E-state index is 0.189. The molecule has 1 aromatic rings. The zero-order valence-electron chi connectivity index (χ0n) is 9.13. The molecule has 0 heterocycles. The van der Waals surface area contributed by atoms with Crippen LogP contribution < -0.4 is 5.32 Å². The van der Waals surface area contributed by atoms with Gasteiger partial charge in [0.15, 0.2) is 0 Å². The van der Waals surface area contributed by atoms with Crippen LogP contribution in [-0.2, 0) is 9.53 Å². The van der Waals surface area contributed by atoms with Crippen LogP contribution in [0.4, 0.5) is 0 Å². The Balaban J connectivity index is 2.61. The summed E-state index contributed by atoms with van der Waals surface area (Å²) in [5.74, 6) is -0.939. The Labute approximate surface area is 109 Å². The average Bonchev–Trinajstić information content (AvgIpc) is 2.26. The van der Waals surface area contributed by atoms with E-state index in [9.17, 15) is 9.59 Å². The smallest absolute Gasteiger partial charge is 0.325 e. The lowest BCUT2D eigenvalue weighted by Gasteiger charge is -2.06. The van der Waals surface area contributed by atoms with E-state index in [1.54, 1.807) is 13.0 Å². The highest BCUT2D eigenvalue weighted by Gasteiger charge is 2.12. The van der Waals surface area contributed by atoms with Crippen molar-refractivity contribution in [3.63, 3.8) is 0 Å². The number of amides is 1. The highest BCUT2D eigenvalue weighted by molar-refractivity contribution is 6.36. The van der Waals surface area contributed by atoms with E-state index in [1.165, 1.54) is 12.1 Å². The van der Waals surface area contributed by atoms with Gasteiger partial charge >= 0.3 is 5.97 Å². The number of ether oxygens (including phenoxy) is 1. The van der Waals surface area contributed by atoms with Crippen molar-refractivity contribution in [2.45, 2.75) is 6.92 Å². The maximum Gasteiger partial charge on any atom is 0.325 e. The molecule has 1 rings (SSSR count). The molecular weight excluding hydrogens is 265 g/mol. The van der Waals surface area contributed by atoms with Crippen molar-refractivity contribution >= 4 is 35.1 Å². The number of carbonyl (C=O) groups is 2. The lowest BCUT2D eigenvalue weighted by atomic mass is 10.2. The molecule has 0 fully saturated rings. The minimum atomic E-state index is -0.495. The second-order valence-corrected chi connectivity index (χ2v) is 3.96. The van der Waals surface area contributed by atoms with Crippen LogP contribution in [0, 0.1) is 0 Å². The average molecular weight is 276 g/mol. The van der Waals surface area contributed by atoms with Gasteiger partial charge < -0.3 is 10.1 Å². The van der Waals surface area contributed by atoms with Gasteiger partial charge in [-0.15, -0.1) is 0 Å². The van der Waals surface area contributed by atoms with Crippen molar-refractivity contribution in [2.24, 2.45) is 0 Å². The predicted molar refractivity (Wildman–Crippen MR) is 65.4 cm³/mol. The second kappa shape index (κ2) is 6.47. The van der Waals surface area contributed by atoms with Gasteiger partial charge in [-0.3, -0.25) is 9.59 Å². The Kier molecular flexibility index (Phi) is 5.25. The van der Waals surface area contributed by atoms with Gasteiger partial charge in [0.25, 0.3) is 5.91 Å². The molecule has 0 aromatic heterocycles. The monoisotopic (exact) mass is 275 g/mol. The van der Waals surface area contributed by atoms with E-state index in [0.717, 1.165) is 0 Å². The molecule has 0 aliphatic carbocycles. The van der Waals surface area contributed by atoms with Crippen LogP contribution in [0.5, 0.6) is 0 Å². The first kappa shape index (κ1) is 13.8. The van der Waals surface area contributed by atoms with E-state index in [4.69, 9.17) is 23.2 Å². The summed E-state index contributed by atoms with van der Waals surface area (Å²) in [5.41, 5.74) is 0.264. The molecule has 4 nitrogen and oxygen atoms in total. The fourth-order valence-corrected chi connectivity index (χ4v) is 1.63. The molecule has 0 aliphatic rings. The maximum absolute atomic E-state index is 11.6. The van der Waals surface area contributed by atoms with Crippen LogP contribution in [0.1, 0.15) is 17.3 Å². The standard InChI is InChI=1S/C11H11Cl2NO3/c1-2-17-10(15)6-14-11(16)8-4-3-7(12)5-9(8)13/h3-5H,2,6H2,1H3,(H,14,16). The molecular formula is C11H11Cl2NO3. The van der Waals surface area contributed by atoms with E-state index in [-0.39, 0.29) is 23.7 Å². The van der Waals surface area contributed by atoms with Crippen molar-refractivity contribution in [3.8, 4) is 0 Å². The fourth-order valence-electron chi connectivity index (χ4n) is 1.13. The number of hydrogen-bond donors (Lipinski definition) is 1. The topological polar surface area (TPSA) is 55.4 Å². The summed E-state index contributed by atoms with van der Waals surface area (Å²) in [7, 11) is 0. The molecule has 1 amide bonds. The van der Waals surface area contributed by atoms with E-state index >= 15 is 0 Å². The highest BCUT2D eigenvalue weighted by Crippen LogP contribution is 2.20. The minimum Gasteiger partial charge on any atom is -0.465 e. The Morgan fingerprint density at radius 3 is 2.65 bits per heavy atom. The molecule has 17 heavy (non-hydrogen) atoms. The number of halogens is 2. The largest absolute Gasteiger partial charge is 0.465 e. The van der Waals surface area contributed by atoms with Gasteiger partial charge in [-0.25, -0.2) is 0 Å². The molecule has 6 heteroatoms. The molecule has 0 aliphatic heterocycles. The van der Waals surface area contributed by atoms with E-state index in [0.29, 0.717) is 5.02 Å². The van der Waals surface area contributed by atoms with Crippen molar-refractivity contribution in [2.75, 3.05) is 13.2 Å². The van der Waals surface area contributed by atoms with Gasteiger partial charge in [0, 0.05) is 5.02 Å². The van der Waals surface area contributed by atoms with Crippen molar-refractivity contribution in [3.05, 3.63) is 33.8 Å². The third-order valence-corrected chi connectivity index (χ3v) is 2.42.